The van der Waals surface area contributed by atoms with Crippen LogP contribution in [0.1, 0.15) is 119 Å². The molecule has 0 fully saturated rings. The summed E-state index contributed by atoms with van der Waals surface area (Å²) in [5.74, 6) is 0. The first kappa shape index (κ1) is 52.1. The van der Waals surface area contributed by atoms with Crippen LogP contribution in [0.5, 0.6) is 0 Å². The van der Waals surface area contributed by atoms with Gasteiger partial charge in [-0.25, -0.2) is 12.2 Å². The Balaban J connectivity index is 0.000000220. The predicted octanol–water partition coefficient (Wildman–Crippen LogP) is 10.5. The Morgan fingerprint density at radius 2 is 1.15 bits per heavy atom. The van der Waals surface area contributed by atoms with Gasteiger partial charge in [0.15, 0.2) is 0 Å². The topological polar surface area (TPSA) is 92.7 Å². The molecule has 2 aliphatic carbocycles. The largest absolute Gasteiger partial charge is 0.504 e. The second-order valence-corrected chi connectivity index (χ2v) is 19.3. The Kier molecular flexibility index (Phi) is 18.4. The quantitative estimate of drug-likeness (QED) is 0.181. The molecule has 2 aromatic carbocycles. The van der Waals surface area contributed by atoms with Crippen molar-refractivity contribution in [3.8, 4) is 0 Å². The minimum Gasteiger partial charge on any atom is -0.504 e. The summed E-state index contributed by atoms with van der Waals surface area (Å²) in [6, 6.07) is 19.6. The van der Waals surface area contributed by atoms with E-state index in [-0.39, 0.29) is 63.8 Å². The number of hydrogen-bond donors (Lipinski definition) is 0. The molecule has 0 atom stereocenters. The van der Waals surface area contributed by atoms with Crippen LogP contribution in [-0.4, -0.2) is 44.5 Å². The van der Waals surface area contributed by atoms with Crippen LogP contribution in [0.3, 0.4) is 0 Å². The summed E-state index contributed by atoms with van der Waals surface area (Å²) in [7, 11) is 4.15. The molecule has 4 heterocycles. The second kappa shape index (κ2) is 21.9. The molecule has 0 amide bonds. The number of likely N-dealkylation sites (N-methyl/N-ethyl adjacent to an activating group) is 1. The van der Waals surface area contributed by atoms with Crippen LogP contribution in [-0.2, 0) is 63.8 Å². The van der Waals surface area contributed by atoms with Crippen LogP contribution in [0, 0.1) is 25.5 Å². The summed E-state index contributed by atoms with van der Waals surface area (Å²) in [5.41, 5.74) is 11.4. The van der Waals surface area contributed by atoms with Crippen LogP contribution in [0.25, 0.3) is 0 Å². The molecule has 62 heavy (non-hydrogen) atoms. The normalized spacial score (nSPS) is 15.7. The minimum absolute atomic E-state index is 0. The van der Waals surface area contributed by atoms with Crippen molar-refractivity contribution in [1.29, 1.82) is 0 Å². The molecule has 12 heteroatoms. The van der Waals surface area contributed by atoms with Gasteiger partial charge in [-0.15, -0.1) is 11.8 Å². The zero-order chi connectivity index (χ0) is 43.9. The van der Waals surface area contributed by atoms with E-state index in [0.29, 0.717) is 0 Å². The van der Waals surface area contributed by atoms with E-state index < -0.39 is 0 Å². The van der Waals surface area contributed by atoms with Crippen molar-refractivity contribution in [2.24, 2.45) is 0 Å². The average Bonchev–Trinajstić information content (AvgIpc) is 3.94. The molecule has 4 aromatic rings. The van der Waals surface area contributed by atoms with E-state index in [9.17, 15) is 0 Å². The number of fused-ring (bicyclic) bond motifs is 1. The Bertz CT molecular complexity index is 2100. The molecule has 0 saturated carbocycles. The number of anilines is 3. The van der Waals surface area contributed by atoms with Gasteiger partial charge in [-0.1, -0.05) is 120 Å². The van der Waals surface area contributed by atoms with Gasteiger partial charge in [-0.05, 0) is 94.9 Å². The molecule has 0 unspecified atom stereocenters. The van der Waals surface area contributed by atoms with Crippen LogP contribution in [0.15, 0.2) is 114 Å². The monoisotopic (exact) mass is 1190 g/mol. The number of para-hydroxylation sites is 3. The van der Waals surface area contributed by atoms with E-state index >= 15 is 0 Å². The van der Waals surface area contributed by atoms with Crippen molar-refractivity contribution in [2.45, 2.75) is 118 Å². The number of aromatic nitrogens is 6. The van der Waals surface area contributed by atoms with Crippen molar-refractivity contribution in [1.82, 2.24) is 40.6 Å². The maximum atomic E-state index is 4.09. The van der Waals surface area contributed by atoms with Crippen molar-refractivity contribution >= 4 is 17.1 Å². The summed E-state index contributed by atoms with van der Waals surface area (Å²) in [5, 5.41) is 23.9. The molecule has 340 valence electrons. The Morgan fingerprint density at radius 3 is 1.66 bits per heavy atom. The van der Waals surface area contributed by atoms with Crippen molar-refractivity contribution in [3.05, 3.63) is 162 Å². The fourth-order valence-corrected chi connectivity index (χ4v) is 6.74. The fourth-order valence-electron chi connectivity index (χ4n) is 6.74. The maximum Gasteiger partial charge on any atom is 0.0335 e. The molecule has 4 aliphatic rings. The number of allylic oxidation sites excluding steroid dienone is 9. The van der Waals surface area contributed by atoms with E-state index in [1.54, 1.807) is 0 Å². The first-order chi connectivity index (χ1) is 28.2. The standard InChI is InChI=1S/C16H16N2.C14H12N2.2C10H18N3.2Pt/c1-17-13-18(14-9-5-2-3-6-10-14)16-12-8-4-7-11-15(16)17;1-15-11-16(12-7-3-2-4-8-12)14-10-6-5-9-13(14)15;2*1-9(2,3)7-8(10(4,5)6)12-13-11-7;;/h2-3,5,7-9,11-13H,4,10H2,1H3;2-7,9-11H,1H3;2*1-6H3;;/q2*-2;2*-1;;. The number of nitrogens with zero attached hydrogens (tertiary/aromatic N) is 10. The predicted molar refractivity (Wildman–Crippen MR) is 246 cm³/mol. The van der Waals surface area contributed by atoms with Gasteiger partial charge in [0.25, 0.3) is 0 Å². The van der Waals surface area contributed by atoms with Crippen molar-refractivity contribution in [3.63, 3.8) is 0 Å². The van der Waals surface area contributed by atoms with Crippen LogP contribution in [0.4, 0.5) is 17.1 Å². The number of hydrogen-bond acceptors (Lipinski definition) is 8. The molecule has 2 aromatic heterocycles. The van der Waals surface area contributed by atoms with Crippen LogP contribution >= 0.6 is 0 Å². The Hall–Kier alpha value is -4.26. The van der Waals surface area contributed by atoms with Gasteiger partial charge in [-0.3, -0.25) is 16.5 Å². The molecule has 8 rings (SSSR count). The van der Waals surface area contributed by atoms with Crippen LogP contribution < -0.4 is 20.0 Å². The van der Waals surface area contributed by atoms with Crippen molar-refractivity contribution < 1.29 is 42.1 Å². The molecule has 2 aliphatic heterocycles. The summed E-state index contributed by atoms with van der Waals surface area (Å²) >= 11 is 0. The van der Waals surface area contributed by atoms with E-state index in [1.807, 2.05) is 30.4 Å². The van der Waals surface area contributed by atoms with E-state index in [2.05, 4.69) is 240 Å². The smallest absolute Gasteiger partial charge is 0.0335 e. The second-order valence-electron chi connectivity index (χ2n) is 19.3. The third-order valence-corrected chi connectivity index (χ3v) is 9.85. The van der Waals surface area contributed by atoms with E-state index in [4.69, 9.17) is 0 Å². The summed E-state index contributed by atoms with van der Waals surface area (Å²) in [6.07, 6.45) is 22.1. The molecule has 0 N–H and O–H groups in total. The Morgan fingerprint density at radius 1 is 0.613 bits per heavy atom. The first-order valence-corrected chi connectivity index (χ1v) is 20.7. The minimum atomic E-state index is 0. The number of benzene rings is 2. The van der Waals surface area contributed by atoms with Gasteiger partial charge in [0.05, 0.1) is 0 Å². The zero-order valence-corrected chi connectivity index (χ0v) is 43.5. The average molecular weight is 1200 g/mol. The Labute approximate surface area is 401 Å². The van der Waals surface area contributed by atoms with Gasteiger partial charge in [-0.2, -0.15) is 43.7 Å². The van der Waals surface area contributed by atoms with Gasteiger partial charge >= 0.3 is 0 Å². The third kappa shape index (κ3) is 13.4. The van der Waals surface area contributed by atoms with Gasteiger partial charge < -0.3 is 40.0 Å². The van der Waals surface area contributed by atoms with E-state index in [1.165, 1.54) is 28.5 Å². The van der Waals surface area contributed by atoms with Gasteiger partial charge in [0.1, 0.15) is 0 Å². The summed E-state index contributed by atoms with van der Waals surface area (Å²) in [4.78, 5) is 8.68. The zero-order valence-electron chi connectivity index (χ0n) is 38.9. The third-order valence-electron chi connectivity index (χ3n) is 9.85. The molecule has 0 spiro atoms. The molecule has 0 bridgehead atoms. The van der Waals surface area contributed by atoms with E-state index in [0.717, 1.165) is 41.3 Å². The van der Waals surface area contributed by atoms with Crippen molar-refractivity contribution in [2.75, 3.05) is 23.9 Å². The molecule has 10 nitrogen and oxygen atoms in total. The SMILES string of the molecule is CC(C)(C)c1nn[n-]c1C(C)(C)C.CC(C)(C)c1nn[n-]c1C(C)(C)C.CN1[CH-]N(C2=CC=CC=[C-]C2)C2=C1C=CCC=C2.CN1[CH-]N(c2[c-]cccc2)c2ccccc21.[Pt].[Pt]. The fraction of sp³-hybridized carbons (Fsp3) is 0.400. The summed E-state index contributed by atoms with van der Waals surface area (Å²) < 4.78 is 0. The van der Waals surface area contributed by atoms with Gasteiger partial charge in [0.2, 0.25) is 0 Å². The molecule has 0 saturated heterocycles. The molecule has 0 radical (unpaired) electrons. The number of rotatable bonds is 2. The summed E-state index contributed by atoms with van der Waals surface area (Å²) in [6.45, 7) is 29.8. The molecular formula is C50H64N10Pt2-6. The first-order valence-electron chi connectivity index (χ1n) is 20.7. The molecular weight excluding hydrogens is 1130 g/mol. The van der Waals surface area contributed by atoms with Crippen LogP contribution in [0.2, 0.25) is 0 Å². The van der Waals surface area contributed by atoms with Gasteiger partial charge in [0, 0.05) is 64.9 Å². The maximum absolute atomic E-state index is 4.09.